The van der Waals surface area contributed by atoms with Crippen LogP contribution in [0.1, 0.15) is 19.3 Å². The summed E-state index contributed by atoms with van der Waals surface area (Å²) in [4.78, 5) is 21.8. The van der Waals surface area contributed by atoms with Crippen LogP contribution >= 0.6 is 0 Å². The van der Waals surface area contributed by atoms with Crippen molar-refractivity contribution in [2.24, 2.45) is 5.92 Å². The number of carbonyl (C=O) groups excluding carboxylic acids is 1. The molecule has 1 fully saturated rings. The number of amides is 1. The average Bonchev–Trinajstić information content (AvgIpc) is 2.36. The van der Waals surface area contributed by atoms with Crippen molar-refractivity contribution in [1.29, 1.82) is 0 Å². The van der Waals surface area contributed by atoms with Gasteiger partial charge in [0.1, 0.15) is 0 Å². The lowest BCUT2D eigenvalue weighted by atomic mass is 9.97. The molecule has 0 radical (unpaired) electrons. The first-order valence-corrected chi connectivity index (χ1v) is 7.39. The molecule has 18 heavy (non-hydrogen) atoms. The third-order valence-corrected chi connectivity index (χ3v) is 4.91. The molecule has 0 aliphatic carbocycles. The molecule has 0 unspecified atom stereocenters. The van der Waals surface area contributed by atoms with Crippen molar-refractivity contribution in [3.05, 3.63) is 0 Å². The van der Waals surface area contributed by atoms with Gasteiger partial charge in [-0.1, -0.05) is 0 Å². The second-order valence-corrected chi connectivity index (χ2v) is 6.34. The van der Waals surface area contributed by atoms with E-state index in [0.29, 0.717) is 12.8 Å². The summed E-state index contributed by atoms with van der Waals surface area (Å²) in [6.45, 7) is 0.556. The zero-order valence-corrected chi connectivity index (χ0v) is 11.1. The standard InChI is InChI=1S/C10H18N2O5S/c1-11-10(15)8-2-5-12(6-3-8)18(16,17)7-4-9(13)14/h8H,2-7H2,1H3,(H,11,15)(H,13,14). The van der Waals surface area contributed by atoms with Crippen molar-refractivity contribution in [2.45, 2.75) is 19.3 Å². The predicted molar refractivity (Wildman–Crippen MR) is 64.4 cm³/mol. The molecule has 0 atom stereocenters. The highest BCUT2D eigenvalue weighted by molar-refractivity contribution is 7.89. The molecule has 0 aromatic rings. The summed E-state index contributed by atoms with van der Waals surface area (Å²) in [6.07, 6.45) is 0.565. The van der Waals surface area contributed by atoms with Crippen molar-refractivity contribution in [1.82, 2.24) is 9.62 Å². The minimum atomic E-state index is -3.51. The van der Waals surface area contributed by atoms with Crippen LogP contribution in [-0.4, -0.2) is 55.6 Å². The molecule has 104 valence electrons. The Bertz CT molecular complexity index is 412. The molecule has 8 heteroatoms. The van der Waals surface area contributed by atoms with Crippen LogP contribution in [0.15, 0.2) is 0 Å². The molecular weight excluding hydrogens is 260 g/mol. The smallest absolute Gasteiger partial charge is 0.304 e. The number of rotatable bonds is 5. The lowest BCUT2D eigenvalue weighted by Gasteiger charge is -2.30. The van der Waals surface area contributed by atoms with E-state index in [-0.39, 0.29) is 30.7 Å². The third kappa shape index (κ3) is 3.95. The Morgan fingerprint density at radius 1 is 1.33 bits per heavy atom. The van der Waals surface area contributed by atoms with Gasteiger partial charge in [0.25, 0.3) is 0 Å². The van der Waals surface area contributed by atoms with Gasteiger partial charge >= 0.3 is 5.97 Å². The lowest BCUT2D eigenvalue weighted by Crippen LogP contribution is -2.43. The number of carbonyl (C=O) groups is 2. The van der Waals surface area contributed by atoms with Crippen LogP contribution in [0.2, 0.25) is 0 Å². The van der Waals surface area contributed by atoms with Gasteiger partial charge in [-0.25, -0.2) is 12.7 Å². The van der Waals surface area contributed by atoms with E-state index < -0.39 is 22.4 Å². The summed E-state index contributed by atoms with van der Waals surface area (Å²) in [5.74, 6) is -1.73. The topological polar surface area (TPSA) is 104 Å². The van der Waals surface area contributed by atoms with Crippen molar-refractivity contribution in [3.8, 4) is 0 Å². The molecule has 0 aromatic heterocycles. The van der Waals surface area contributed by atoms with Gasteiger partial charge in [-0.3, -0.25) is 9.59 Å². The van der Waals surface area contributed by atoms with Gasteiger partial charge in [0, 0.05) is 26.1 Å². The van der Waals surface area contributed by atoms with E-state index in [2.05, 4.69) is 5.32 Å². The Morgan fingerprint density at radius 3 is 2.33 bits per heavy atom. The molecule has 1 aliphatic rings. The van der Waals surface area contributed by atoms with Gasteiger partial charge in [0.2, 0.25) is 15.9 Å². The molecule has 7 nitrogen and oxygen atoms in total. The summed E-state index contributed by atoms with van der Waals surface area (Å²) in [6, 6.07) is 0. The Balaban J connectivity index is 2.51. The number of hydrogen-bond donors (Lipinski definition) is 2. The maximum atomic E-state index is 11.8. The molecule has 1 aliphatic heterocycles. The quantitative estimate of drug-likeness (QED) is 0.688. The van der Waals surface area contributed by atoms with Crippen LogP contribution in [0, 0.1) is 5.92 Å². The normalized spacial score (nSPS) is 18.5. The minimum Gasteiger partial charge on any atom is -0.481 e. The Morgan fingerprint density at radius 2 is 1.89 bits per heavy atom. The average molecular weight is 278 g/mol. The number of aliphatic carboxylic acids is 1. The summed E-state index contributed by atoms with van der Waals surface area (Å²) in [7, 11) is -1.96. The molecule has 0 aromatic carbocycles. The number of piperidine rings is 1. The summed E-state index contributed by atoms with van der Waals surface area (Å²) in [5, 5.41) is 11.0. The van der Waals surface area contributed by atoms with Crippen LogP contribution in [0.3, 0.4) is 0 Å². The van der Waals surface area contributed by atoms with E-state index in [4.69, 9.17) is 5.11 Å². The molecule has 0 spiro atoms. The van der Waals surface area contributed by atoms with Crippen LogP contribution in [-0.2, 0) is 19.6 Å². The zero-order chi connectivity index (χ0) is 13.8. The summed E-state index contributed by atoms with van der Waals surface area (Å²) in [5.41, 5.74) is 0. The zero-order valence-electron chi connectivity index (χ0n) is 10.3. The maximum absolute atomic E-state index is 11.8. The molecule has 1 amide bonds. The second kappa shape index (κ2) is 6.14. The SMILES string of the molecule is CNC(=O)C1CCN(S(=O)(=O)CCC(=O)O)CC1. The lowest BCUT2D eigenvalue weighted by molar-refractivity contribution is -0.136. The van der Waals surface area contributed by atoms with Crippen molar-refractivity contribution in [2.75, 3.05) is 25.9 Å². The molecule has 1 rings (SSSR count). The molecule has 0 bridgehead atoms. The number of carboxylic acid groups (broad SMARTS) is 1. The molecule has 2 N–H and O–H groups in total. The fourth-order valence-corrected chi connectivity index (χ4v) is 3.40. The Labute approximate surface area is 106 Å². The van der Waals surface area contributed by atoms with Gasteiger partial charge < -0.3 is 10.4 Å². The molecule has 1 heterocycles. The van der Waals surface area contributed by atoms with Gasteiger partial charge in [0.15, 0.2) is 0 Å². The van der Waals surface area contributed by atoms with E-state index in [1.807, 2.05) is 0 Å². The largest absolute Gasteiger partial charge is 0.481 e. The van der Waals surface area contributed by atoms with Crippen LogP contribution in [0.4, 0.5) is 0 Å². The van der Waals surface area contributed by atoms with Crippen molar-refractivity contribution in [3.63, 3.8) is 0 Å². The van der Waals surface area contributed by atoms with Crippen molar-refractivity contribution < 1.29 is 23.1 Å². The van der Waals surface area contributed by atoms with E-state index in [9.17, 15) is 18.0 Å². The highest BCUT2D eigenvalue weighted by Gasteiger charge is 2.30. The van der Waals surface area contributed by atoms with Crippen LogP contribution in [0.5, 0.6) is 0 Å². The van der Waals surface area contributed by atoms with E-state index >= 15 is 0 Å². The maximum Gasteiger partial charge on any atom is 0.304 e. The second-order valence-electron chi connectivity index (χ2n) is 4.25. The van der Waals surface area contributed by atoms with Crippen molar-refractivity contribution >= 4 is 21.9 Å². The number of nitrogens with zero attached hydrogens (tertiary/aromatic N) is 1. The monoisotopic (exact) mass is 278 g/mol. The summed E-state index contributed by atoms with van der Waals surface area (Å²) >= 11 is 0. The highest BCUT2D eigenvalue weighted by atomic mass is 32.2. The predicted octanol–water partition coefficient (Wildman–Crippen LogP) is -0.751. The Hall–Kier alpha value is -1.15. The van der Waals surface area contributed by atoms with Crippen LogP contribution in [0.25, 0.3) is 0 Å². The number of sulfonamides is 1. The van der Waals surface area contributed by atoms with Crippen LogP contribution < -0.4 is 5.32 Å². The number of carboxylic acids is 1. The fourth-order valence-electron chi connectivity index (χ4n) is 1.95. The first-order valence-electron chi connectivity index (χ1n) is 5.78. The van der Waals surface area contributed by atoms with Gasteiger partial charge in [-0.05, 0) is 12.8 Å². The molecule has 1 saturated heterocycles. The first-order chi connectivity index (χ1) is 8.36. The van der Waals surface area contributed by atoms with E-state index in [1.54, 1.807) is 7.05 Å². The Kier molecular flexibility index (Phi) is 5.09. The van der Waals surface area contributed by atoms with Gasteiger partial charge in [-0.15, -0.1) is 0 Å². The van der Waals surface area contributed by atoms with E-state index in [0.717, 1.165) is 0 Å². The molecular formula is C10H18N2O5S. The first kappa shape index (κ1) is 14.9. The van der Waals surface area contributed by atoms with Gasteiger partial charge in [-0.2, -0.15) is 0 Å². The number of hydrogen-bond acceptors (Lipinski definition) is 4. The van der Waals surface area contributed by atoms with Gasteiger partial charge in [0.05, 0.1) is 12.2 Å². The molecule has 0 saturated carbocycles. The van der Waals surface area contributed by atoms with E-state index in [1.165, 1.54) is 4.31 Å². The number of nitrogens with one attached hydrogen (secondary N) is 1. The third-order valence-electron chi connectivity index (χ3n) is 3.04. The fraction of sp³-hybridized carbons (Fsp3) is 0.800. The highest BCUT2D eigenvalue weighted by Crippen LogP contribution is 2.20. The summed E-state index contributed by atoms with van der Waals surface area (Å²) < 4.78 is 24.9. The minimum absolute atomic E-state index is 0.0717.